The Bertz CT molecular complexity index is 833. The third-order valence-corrected chi connectivity index (χ3v) is 8.86. The van der Waals surface area contributed by atoms with Crippen LogP contribution in [-0.4, -0.2) is 108 Å². The number of phosphoric acid groups is 1. The van der Waals surface area contributed by atoms with E-state index >= 15 is 0 Å². The molecular weight excluding hydrogens is 597 g/mol. The van der Waals surface area contributed by atoms with Crippen molar-refractivity contribution >= 4 is 13.7 Å². The smallest absolute Gasteiger partial charge is 0.392 e. The monoisotopic (exact) mass is 655 g/mol. The summed E-state index contributed by atoms with van der Waals surface area (Å²) in [5.41, 5.74) is 0. The zero-order chi connectivity index (χ0) is 33.1. The lowest BCUT2D eigenvalue weighted by Gasteiger charge is -2.41. The van der Waals surface area contributed by atoms with Crippen molar-refractivity contribution in [2.24, 2.45) is 0 Å². The topological polar surface area (TPSA) is 226 Å². The molecule has 1 aliphatic rings. The Hall–Kier alpha value is -0.960. The zero-order valence-electron chi connectivity index (χ0n) is 26.3. The van der Waals surface area contributed by atoms with E-state index in [1.807, 2.05) is 12.2 Å². The molecule has 0 heterocycles. The SMILES string of the molecule is CCCCCC/C=C\CC(O)CC(=O)NC(COP(=O)(O)OC1C(O)C(O)C(O)C(O)C1O)C(O)CCCCCCCCC. The number of allylic oxidation sites excluding steroid dienone is 1. The van der Waals surface area contributed by atoms with Gasteiger partial charge in [-0.3, -0.25) is 13.8 Å². The summed E-state index contributed by atoms with van der Waals surface area (Å²) >= 11 is 0. The van der Waals surface area contributed by atoms with Crippen molar-refractivity contribution in [1.82, 2.24) is 5.32 Å². The van der Waals surface area contributed by atoms with E-state index < -0.39 is 75.2 Å². The Morgan fingerprint density at radius 3 is 1.91 bits per heavy atom. The van der Waals surface area contributed by atoms with E-state index in [-0.39, 0.29) is 19.3 Å². The fraction of sp³-hybridized carbons (Fsp3) is 0.900. The van der Waals surface area contributed by atoms with Gasteiger partial charge in [0.2, 0.25) is 5.91 Å². The Labute approximate surface area is 261 Å². The van der Waals surface area contributed by atoms with Gasteiger partial charge < -0.3 is 46.0 Å². The maximum absolute atomic E-state index is 12.7. The van der Waals surface area contributed by atoms with Crippen molar-refractivity contribution in [3.63, 3.8) is 0 Å². The number of nitrogens with one attached hydrogen (secondary N) is 1. The van der Waals surface area contributed by atoms with Crippen LogP contribution in [0.4, 0.5) is 0 Å². The molecule has 0 radical (unpaired) electrons. The van der Waals surface area contributed by atoms with Gasteiger partial charge in [-0.05, 0) is 25.7 Å². The van der Waals surface area contributed by atoms with Crippen LogP contribution >= 0.6 is 7.82 Å². The van der Waals surface area contributed by atoms with Crippen molar-refractivity contribution in [1.29, 1.82) is 0 Å². The molecule has 44 heavy (non-hydrogen) atoms. The number of aliphatic hydroxyl groups is 7. The van der Waals surface area contributed by atoms with Gasteiger partial charge in [-0.25, -0.2) is 4.57 Å². The first-order chi connectivity index (χ1) is 20.8. The standard InChI is InChI=1S/C30H58NO12P/c1-3-5-7-9-11-13-15-17-21(32)19-24(34)31-22(23(33)18-16-14-12-10-8-6-4-2)20-42-44(40,41)43-30-28(38)26(36)25(35)27(37)29(30)39/h13,15,21-23,25-30,32-33,35-39H,3-12,14,16-20H2,1-2H3,(H,31,34)(H,40,41)/b15-13-. The largest absolute Gasteiger partial charge is 0.472 e. The average Bonchev–Trinajstić information content (AvgIpc) is 2.98. The molecular formula is C30H58NO12P. The van der Waals surface area contributed by atoms with Crippen molar-refractivity contribution in [2.45, 2.75) is 165 Å². The van der Waals surface area contributed by atoms with Crippen molar-refractivity contribution in [3.8, 4) is 0 Å². The van der Waals surface area contributed by atoms with Crippen LogP contribution in [0, 0.1) is 0 Å². The van der Waals surface area contributed by atoms with Crippen LogP contribution in [0.15, 0.2) is 12.2 Å². The lowest BCUT2D eigenvalue weighted by Crippen LogP contribution is -2.64. The van der Waals surface area contributed by atoms with Crippen molar-refractivity contribution in [3.05, 3.63) is 12.2 Å². The quantitative estimate of drug-likeness (QED) is 0.0413. The van der Waals surface area contributed by atoms with E-state index in [0.717, 1.165) is 64.2 Å². The molecule has 260 valence electrons. The lowest BCUT2D eigenvalue weighted by molar-refractivity contribution is -0.220. The number of rotatable bonds is 24. The molecule has 1 aliphatic carbocycles. The molecule has 1 saturated carbocycles. The fourth-order valence-corrected chi connectivity index (χ4v) is 6.03. The molecule has 0 spiro atoms. The van der Waals surface area contributed by atoms with E-state index in [0.29, 0.717) is 6.42 Å². The van der Waals surface area contributed by atoms with E-state index in [2.05, 4.69) is 19.2 Å². The molecule has 0 aromatic rings. The van der Waals surface area contributed by atoms with Crippen molar-refractivity contribution < 1.29 is 59.0 Å². The van der Waals surface area contributed by atoms with Crippen LogP contribution in [0.1, 0.15) is 110 Å². The molecule has 0 aromatic heterocycles. The van der Waals surface area contributed by atoms with Gasteiger partial charge >= 0.3 is 7.82 Å². The van der Waals surface area contributed by atoms with Gasteiger partial charge in [-0.1, -0.05) is 90.2 Å². The van der Waals surface area contributed by atoms with Crippen LogP contribution in [0.25, 0.3) is 0 Å². The number of amides is 1. The summed E-state index contributed by atoms with van der Waals surface area (Å²) in [5, 5.41) is 73.4. The predicted octanol–water partition coefficient (Wildman–Crippen LogP) is 1.96. The lowest BCUT2D eigenvalue weighted by atomic mass is 9.85. The highest BCUT2D eigenvalue weighted by Crippen LogP contribution is 2.47. The number of phosphoric ester groups is 1. The molecule has 8 atom stereocenters. The zero-order valence-corrected chi connectivity index (χ0v) is 27.2. The Kier molecular flexibility index (Phi) is 21.0. The van der Waals surface area contributed by atoms with E-state index in [4.69, 9.17) is 9.05 Å². The van der Waals surface area contributed by atoms with E-state index in [9.17, 15) is 50.0 Å². The third-order valence-electron chi connectivity index (χ3n) is 7.88. The number of aliphatic hydroxyl groups excluding tert-OH is 7. The maximum Gasteiger partial charge on any atom is 0.472 e. The van der Waals surface area contributed by atoms with Crippen LogP contribution in [0.5, 0.6) is 0 Å². The van der Waals surface area contributed by atoms with Crippen LogP contribution < -0.4 is 5.32 Å². The molecule has 14 heteroatoms. The highest BCUT2D eigenvalue weighted by atomic mass is 31.2. The molecule has 13 nitrogen and oxygen atoms in total. The molecule has 1 rings (SSSR count). The summed E-state index contributed by atoms with van der Waals surface area (Å²) in [7, 11) is -5.09. The highest BCUT2D eigenvalue weighted by molar-refractivity contribution is 7.47. The number of carbonyl (C=O) groups excluding carboxylic acids is 1. The van der Waals surface area contributed by atoms with E-state index in [1.165, 1.54) is 6.42 Å². The Morgan fingerprint density at radius 1 is 0.795 bits per heavy atom. The molecule has 9 N–H and O–H groups in total. The first-order valence-corrected chi connectivity index (χ1v) is 17.7. The minimum Gasteiger partial charge on any atom is -0.392 e. The number of carbonyl (C=O) groups is 1. The van der Waals surface area contributed by atoms with Gasteiger partial charge in [-0.15, -0.1) is 0 Å². The minimum absolute atomic E-state index is 0.262. The molecule has 1 amide bonds. The third kappa shape index (κ3) is 16.0. The molecule has 0 aliphatic heterocycles. The molecule has 8 unspecified atom stereocenters. The molecule has 0 aromatic carbocycles. The molecule has 0 saturated heterocycles. The summed E-state index contributed by atoms with van der Waals surface area (Å²) < 4.78 is 22.5. The van der Waals surface area contributed by atoms with E-state index in [1.54, 1.807) is 0 Å². The van der Waals surface area contributed by atoms with Gasteiger partial charge in [-0.2, -0.15) is 0 Å². The molecule has 1 fully saturated rings. The van der Waals surface area contributed by atoms with Crippen LogP contribution in [-0.2, 0) is 18.4 Å². The predicted molar refractivity (Wildman–Crippen MR) is 164 cm³/mol. The Balaban J connectivity index is 2.75. The Morgan fingerprint density at radius 2 is 1.32 bits per heavy atom. The second-order valence-electron chi connectivity index (χ2n) is 11.9. The highest BCUT2D eigenvalue weighted by Gasteiger charge is 2.51. The summed E-state index contributed by atoms with van der Waals surface area (Å²) in [6.07, 6.45) is 2.34. The normalized spacial score (nSPS) is 27.6. The van der Waals surface area contributed by atoms with Crippen LogP contribution in [0.2, 0.25) is 0 Å². The number of hydrogen-bond acceptors (Lipinski definition) is 11. The first kappa shape index (κ1) is 41.1. The molecule has 0 bridgehead atoms. The van der Waals surface area contributed by atoms with Gasteiger partial charge in [0, 0.05) is 0 Å². The maximum atomic E-state index is 12.7. The summed E-state index contributed by atoms with van der Waals surface area (Å²) in [5.74, 6) is -0.604. The van der Waals surface area contributed by atoms with Gasteiger partial charge in [0.25, 0.3) is 0 Å². The summed E-state index contributed by atoms with van der Waals surface area (Å²) in [6, 6.07) is -1.16. The van der Waals surface area contributed by atoms with Crippen molar-refractivity contribution in [2.75, 3.05) is 6.61 Å². The number of unbranched alkanes of at least 4 members (excludes halogenated alkanes) is 10. The summed E-state index contributed by atoms with van der Waals surface area (Å²) in [4.78, 5) is 23.0. The van der Waals surface area contributed by atoms with Gasteiger partial charge in [0.1, 0.15) is 36.6 Å². The average molecular weight is 656 g/mol. The fourth-order valence-electron chi connectivity index (χ4n) is 5.06. The second-order valence-corrected chi connectivity index (χ2v) is 13.3. The number of hydrogen-bond donors (Lipinski definition) is 9. The first-order valence-electron chi connectivity index (χ1n) is 16.2. The minimum atomic E-state index is -5.09. The summed E-state index contributed by atoms with van der Waals surface area (Å²) in [6.45, 7) is 3.57. The van der Waals surface area contributed by atoms with Crippen LogP contribution in [0.3, 0.4) is 0 Å². The van der Waals surface area contributed by atoms with Gasteiger partial charge in [0.15, 0.2) is 0 Å². The second kappa shape index (κ2) is 22.5. The van der Waals surface area contributed by atoms with Gasteiger partial charge in [0.05, 0.1) is 31.3 Å².